The molecule has 0 spiro atoms. The Bertz CT molecular complexity index is 1180. The molecule has 2 amide bonds. The predicted octanol–water partition coefficient (Wildman–Crippen LogP) is 6.43. The van der Waals surface area contributed by atoms with Crippen LogP contribution >= 0.6 is 23.4 Å². The van der Waals surface area contributed by atoms with Gasteiger partial charge in [-0.25, -0.2) is 0 Å². The lowest BCUT2D eigenvalue weighted by Crippen LogP contribution is -2.34. The van der Waals surface area contributed by atoms with E-state index in [-0.39, 0.29) is 11.5 Å². The average Bonchev–Trinajstić information content (AvgIpc) is 3.12. The summed E-state index contributed by atoms with van der Waals surface area (Å²) in [4.78, 5) is 38.5. The van der Waals surface area contributed by atoms with Crippen LogP contribution in [-0.2, 0) is 27.4 Å². The van der Waals surface area contributed by atoms with E-state index in [0.717, 1.165) is 40.6 Å². The molecule has 1 fully saturated rings. The molecule has 196 valence electrons. The van der Waals surface area contributed by atoms with Gasteiger partial charge in [0.05, 0.1) is 18.1 Å². The number of carbonyl (C=O) groups is 3. The van der Waals surface area contributed by atoms with Crippen molar-refractivity contribution in [2.45, 2.75) is 39.7 Å². The highest BCUT2D eigenvalue weighted by Crippen LogP contribution is 2.37. The normalized spacial score (nSPS) is 14.2. The highest BCUT2D eigenvalue weighted by molar-refractivity contribution is 8.18. The van der Waals surface area contributed by atoms with Crippen molar-refractivity contribution in [3.63, 3.8) is 0 Å². The van der Waals surface area contributed by atoms with Gasteiger partial charge >= 0.3 is 5.97 Å². The Kier molecular flexibility index (Phi) is 10.7. The summed E-state index contributed by atoms with van der Waals surface area (Å²) in [6.45, 7) is 8.26. The summed E-state index contributed by atoms with van der Waals surface area (Å²) < 4.78 is 17.1. The number of ether oxygens (including phenoxy) is 3. The highest BCUT2D eigenvalue weighted by atomic mass is 35.5. The van der Waals surface area contributed by atoms with Gasteiger partial charge < -0.3 is 14.2 Å². The van der Waals surface area contributed by atoms with E-state index in [9.17, 15) is 14.4 Å². The molecule has 3 rings (SSSR count). The van der Waals surface area contributed by atoms with Crippen molar-refractivity contribution < 1.29 is 28.6 Å². The number of nitrogens with zero attached hydrogens (tertiary/aromatic N) is 1. The fraction of sp³-hybridized carbons (Fsp3) is 0.321. The summed E-state index contributed by atoms with van der Waals surface area (Å²) in [7, 11) is 0. The van der Waals surface area contributed by atoms with Gasteiger partial charge in [-0.3, -0.25) is 19.3 Å². The van der Waals surface area contributed by atoms with Gasteiger partial charge in [0.2, 0.25) is 0 Å². The number of thioether (sulfide) groups is 1. The van der Waals surface area contributed by atoms with E-state index in [1.165, 1.54) is 0 Å². The first kappa shape index (κ1) is 28.3. The smallest absolute Gasteiger partial charge is 0.326 e. The maximum atomic E-state index is 12.9. The first-order valence-electron chi connectivity index (χ1n) is 12.0. The van der Waals surface area contributed by atoms with Gasteiger partial charge in [0, 0.05) is 10.6 Å². The molecule has 1 heterocycles. The number of imide groups is 1. The molecule has 0 saturated carbocycles. The second-order valence-corrected chi connectivity index (χ2v) is 9.62. The largest absolute Gasteiger partial charge is 0.490 e. The molecule has 1 aliphatic heterocycles. The quantitative estimate of drug-likeness (QED) is 0.125. The minimum Gasteiger partial charge on any atom is -0.490 e. The Morgan fingerprint density at radius 3 is 2.57 bits per heavy atom. The SMILES string of the molecule is C=CCc1cc(/C=C2\SC(=O)N(CC(=O)OCCCC)C2=O)cc(OCC)c1OCc1ccc(Cl)cc1. The molecule has 9 heteroatoms. The summed E-state index contributed by atoms with van der Waals surface area (Å²) in [6, 6.07) is 11.0. The number of benzene rings is 2. The number of carbonyl (C=O) groups excluding carboxylic acids is 3. The third kappa shape index (κ3) is 7.87. The maximum Gasteiger partial charge on any atom is 0.326 e. The van der Waals surface area contributed by atoms with E-state index in [4.69, 9.17) is 25.8 Å². The fourth-order valence-corrected chi connectivity index (χ4v) is 4.49. The van der Waals surface area contributed by atoms with Crippen molar-refractivity contribution in [1.82, 2.24) is 4.90 Å². The molecule has 1 saturated heterocycles. The minimum absolute atomic E-state index is 0.216. The van der Waals surface area contributed by atoms with E-state index >= 15 is 0 Å². The van der Waals surface area contributed by atoms with Crippen LogP contribution in [0.3, 0.4) is 0 Å². The van der Waals surface area contributed by atoms with E-state index in [1.807, 2.05) is 32.0 Å². The fourth-order valence-electron chi connectivity index (χ4n) is 3.53. The number of amides is 2. The second kappa shape index (κ2) is 13.9. The number of halogens is 1. The lowest BCUT2D eigenvalue weighted by molar-refractivity contribution is -0.146. The van der Waals surface area contributed by atoms with Gasteiger partial charge in [-0.05, 0) is 73.0 Å². The van der Waals surface area contributed by atoms with Gasteiger partial charge in [-0.15, -0.1) is 6.58 Å². The zero-order chi connectivity index (χ0) is 26.8. The molecule has 0 aliphatic carbocycles. The maximum absolute atomic E-state index is 12.9. The lowest BCUT2D eigenvalue weighted by Gasteiger charge is -2.17. The molecule has 0 radical (unpaired) electrons. The molecule has 0 bridgehead atoms. The first-order valence-corrected chi connectivity index (χ1v) is 13.2. The van der Waals surface area contributed by atoms with Crippen LogP contribution in [0.15, 0.2) is 54.0 Å². The number of unbranched alkanes of at least 4 members (excludes halogenated alkanes) is 1. The predicted molar refractivity (Wildman–Crippen MR) is 146 cm³/mol. The third-order valence-electron chi connectivity index (χ3n) is 5.33. The molecular formula is C28H30ClNO6S. The van der Waals surface area contributed by atoms with Crippen molar-refractivity contribution in [2.24, 2.45) is 0 Å². The van der Waals surface area contributed by atoms with Crippen molar-refractivity contribution in [2.75, 3.05) is 19.8 Å². The molecule has 2 aromatic rings. The number of rotatable bonds is 13. The zero-order valence-corrected chi connectivity index (χ0v) is 22.5. The standard InChI is InChI=1S/C28H30ClNO6S/c1-4-7-13-35-25(31)17-30-27(32)24(37-28(30)33)16-20-14-21(8-5-2)26(23(15-20)34-6-3)36-18-19-9-11-22(29)12-10-19/h5,9-12,14-16H,2,4,6-8,13,17-18H2,1,3H3/b24-16-. The van der Waals surface area contributed by atoms with Gasteiger partial charge in [0.1, 0.15) is 13.2 Å². The van der Waals surface area contributed by atoms with E-state index in [2.05, 4.69) is 6.58 Å². The highest BCUT2D eigenvalue weighted by Gasteiger charge is 2.36. The van der Waals surface area contributed by atoms with E-state index in [1.54, 1.807) is 30.4 Å². The molecule has 0 N–H and O–H groups in total. The molecule has 1 aliphatic rings. The third-order valence-corrected chi connectivity index (χ3v) is 6.49. The van der Waals surface area contributed by atoms with Crippen LogP contribution in [0.4, 0.5) is 4.79 Å². The van der Waals surface area contributed by atoms with Crippen LogP contribution in [0, 0.1) is 0 Å². The average molecular weight is 544 g/mol. The molecule has 7 nitrogen and oxygen atoms in total. The van der Waals surface area contributed by atoms with Crippen molar-refractivity contribution in [3.8, 4) is 11.5 Å². The summed E-state index contributed by atoms with van der Waals surface area (Å²) in [5.41, 5.74) is 2.43. The molecule has 0 unspecified atom stereocenters. The van der Waals surface area contributed by atoms with E-state index in [0.29, 0.717) is 41.7 Å². The van der Waals surface area contributed by atoms with Crippen LogP contribution in [0.5, 0.6) is 11.5 Å². The van der Waals surface area contributed by atoms with Crippen LogP contribution in [-0.4, -0.2) is 41.8 Å². The van der Waals surface area contributed by atoms with Crippen LogP contribution < -0.4 is 9.47 Å². The molecule has 37 heavy (non-hydrogen) atoms. The zero-order valence-electron chi connectivity index (χ0n) is 21.0. The number of esters is 1. The summed E-state index contributed by atoms with van der Waals surface area (Å²) in [6.07, 6.45) is 5.47. The second-order valence-electron chi connectivity index (χ2n) is 8.19. The number of allylic oxidation sites excluding steroid dienone is 1. The Morgan fingerprint density at radius 2 is 1.89 bits per heavy atom. The Hall–Kier alpha value is -3.23. The Balaban J connectivity index is 1.84. The Morgan fingerprint density at radius 1 is 1.14 bits per heavy atom. The topological polar surface area (TPSA) is 82.1 Å². The number of hydrogen-bond donors (Lipinski definition) is 0. The van der Waals surface area contributed by atoms with Crippen molar-refractivity contribution in [3.05, 3.63) is 75.7 Å². The lowest BCUT2D eigenvalue weighted by atomic mass is 10.0. The monoisotopic (exact) mass is 543 g/mol. The first-order chi connectivity index (χ1) is 17.9. The summed E-state index contributed by atoms with van der Waals surface area (Å²) in [5.74, 6) is -0.0441. The van der Waals surface area contributed by atoms with Gasteiger partial charge in [0.15, 0.2) is 11.5 Å². The van der Waals surface area contributed by atoms with Gasteiger partial charge in [-0.1, -0.05) is 43.2 Å². The Labute approximate surface area is 226 Å². The van der Waals surface area contributed by atoms with Crippen LogP contribution in [0.25, 0.3) is 6.08 Å². The van der Waals surface area contributed by atoms with Gasteiger partial charge in [0.25, 0.3) is 11.1 Å². The summed E-state index contributed by atoms with van der Waals surface area (Å²) >= 11 is 6.76. The summed E-state index contributed by atoms with van der Waals surface area (Å²) in [5, 5.41) is 0.135. The molecular weight excluding hydrogens is 514 g/mol. The molecule has 2 aromatic carbocycles. The van der Waals surface area contributed by atoms with E-state index < -0.39 is 23.7 Å². The minimum atomic E-state index is -0.605. The van der Waals surface area contributed by atoms with Crippen LogP contribution in [0.1, 0.15) is 43.4 Å². The van der Waals surface area contributed by atoms with Gasteiger partial charge in [-0.2, -0.15) is 0 Å². The number of hydrogen-bond acceptors (Lipinski definition) is 7. The molecule has 0 atom stereocenters. The van der Waals surface area contributed by atoms with Crippen molar-refractivity contribution >= 4 is 46.6 Å². The molecule has 0 aromatic heterocycles. The van der Waals surface area contributed by atoms with Crippen LogP contribution in [0.2, 0.25) is 5.02 Å². The van der Waals surface area contributed by atoms with Crippen molar-refractivity contribution in [1.29, 1.82) is 0 Å².